The van der Waals surface area contributed by atoms with Crippen LogP contribution in [0.3, 0.4) is 0 Å². The Morgan fingerprint density at radius 1 is 0.880 bits per heavy atom. The van der Waals surface area contributed by atoms with Crippen LogP contribution in [0.25, 0.3) is 10.9 Å². The maximum absolute atomic E-state index is 6.10. The summed E-state index contributed by atoms with van der Waals surface area (Å²) >= 11 is 0. The van der Waals surface area contributed by atoms with Crippen LogP contribution in [0.5, 0.6) is 0 Å². The first-order valence-corrected chi connectivity index (χ1v) is 7.74. The molecule has 1 aromatic heterocycles. The van der Waals surface area contributed by atoms with Crippen molar-refractivity contribution < 1.29 is 4.74 Å². The molecule has 0 aliphatic carbocycles. The summed E-state index contributed by atoms with van der Waals surface area (Å²) in [6.07, 6.45) is 2.37. The van der Waals surface area contributed by atoms with Crippen LogP contribution in [-0.4, -0.2) is 101 Å². The van der Waals surface area contributed by atoms with E-state index in [1.165, 1.54) is 4.90 Å². The molecular weight excluding hydrogens is 299 g/mol. The Morgan fingerprint density at radius 3 is 2.04 bits per heavy atom. The summed E-state index contributed by atoms with van der Waals surface area (Å²) in [7, 11) is 47.9. The third kappa shape index (κ3) is 2.88. The van der Waals surface area contributed by atoms with E-state index in [2.05, 4.69) is 4.98 Å². The number of aromatic amines is 1. The molecule has 3 rings (SSSR count). The number of aromatic nitrogens is 1. The first-order chi connectivity index (χ1) is 11.4. The quantitative estimate of drug-likeness (QED) is 0.665. The second-order valence-corrected chi connectivity index (χ2v) is 6.60. The maximum atomic E-state index is 6.10. The second kappa shape index (κ2) is 5.85. The van der Waals surface area contributed by atoms with Gasteiger partial charge in [-0.25, -0.2) is 0 Å². The van der Waals surface area contributed by atoms with E-state index in [4.69, 9.17) is 67.5 Å². The maximum Gasteiger partial charge on any atom is 0.0996 e. The number of H-pyrrole nitrogens is 1. The summed E-state index contributed by atoms with van der Waals surface area (Å²) < 4.78 is 5.19. The van der Waals surface area contributed by atoms with Crippen molar-refractivity contribution in [3.05, 3.63) is 36.0 Å². The predicted molar refractivity (Wildman–Crippen MR) is 107 cm³/mol. The molecule has 3 nitrogen and oxygen atoms in total. The lowest BCUT2D eigenvalue weighted by molar-refractivity contribution is -0.111. The summed E-state index contributed by atoms with van der Waals surface area (Å²) in [6.45, 7) is 0.192. The number of hydrogen-bond donors (Lipinski definition) is 1. The highest BCUT2D eigenvalue weighted by atomic mass is 16.5. The molecule has 16 radical (unpaired) electrons. The summed E-state index contributed by atoms with van der Waals surface area (Å²) in [5, 5.41) is -6.92. The number of morpholine rings is 1. The van der Waals surface area contributed by atoms with Gasteiger partial charge in [0.05, 0.1) is 62.8 Å². The van der Waals surface area contributed by atoms with Gasteiger partial charge < -0.3 is 14.6 Å². The van der Waals surface area contributed by atoms with Gasteiger partial charge >= 0.3 is 0 Å². The minimum Gasteiger partial charge on any atom is -0.406 e. The van der Waals surface area contributed by atoms with Crippen LogP contribution in [0.15, 0.2) is 30.5 Å². The topological polar surface area (TPSA) is 28.3 Å². The van der Waals surface area contributed by atoms with E-state index in [0.29, 0.717) is 6.42 Å². The SMILES string of the molecule is [B]C1([B])OC([B])([B])C([B])([B])N(CCc2c[nH]c3ccccc23)C1([B])[B]. The molecule has 1 N–H and O–H groups in total. The molecule has 2 heterocycles. The lowest BCUT2D eigenvalue weighted by Gasteiger charge is -2.70. The number of hydrogen-bond acceptors (Lipinski definition) is 2. The Kier molecular flexibility index (Phi) is 4.44. The minimum atomic E-state index is -2.07. The number of fused-ring (bicyclic) bond motifs is 1. The van der Waals surface area contributed by atoms with Crippen LogP contribution in [-0.2, 0) is 11.2 Å². The van der Waals surface area contributed by atoms with Gasteiger partial charge in [-0.2, -0.15) is 0 Å². The van der Waals surface area contributed by atoms with Gasteiger partial charge in [-0.3, -0.25) is 0 Å². The highest BCUT2D eigenvalue weighted by Gasteiger charge is 2.56. The fraction of sp³-hybridized carbons (Fsp3) is 0.429. The largest absolute Gasteiger partial charge is 0.406 e. The van der Waals surface area contributed by atoms with Crippen LogP contribution < -0.4 is 0 Å². The molecule has 1 aliphatic heterocycles. The number of benzene rings is 1. The monoisotopic (exact) mass is 310 g/mol. The lowest BCUT2D eigenvalue weighted by atomic mass is 9.30. The van der Waals surface area contributed by atoms with Crippen molar-refractivity contribution in [1.82, 2.24) is 9.88 Å². The van der Waals surface area contributed by atoms with Gasteiger partial charge in [-0.1, -0.05) is 18.2 Å². The molecule has 2 aromatic rings. The first-order valence-electron chi connectivity index (χ1n) is 7.74. The molecule has 1 saturated heterocycles. The molecule has 106 valence electrons. The van der Waals surface area contributed by atoms with Gasteiger partial charge in [0, 0.05) is 23.6 Å². The van der Waals surface area contributed by atoms with Crippen molar-refractivity contribution in [2.75, 3.05) is 6.54 Å². The molecular formula is C14H10B8N2O. The van der Waals surface area contributed by atoms with Gasteiger partial charge in [0.15, 0.2) is 0 Å². The molecule has 0 unspecified atom stereocenters. The molecule has 0 saturated carbocycles. The highest BCUT2D eigenvalue weighted by molar-refractivity contribution is 6.59. The van der Waals surface area contributed by atoms with E-state index < -0.39 is 21.5 Å². The normalized spacial score (nSPS) is 24.2. The highest BCUT2D eigenvalue weighted by Crippen LogP contribution is 2.39. The van der Waals surface area contributed by atoms with Crippen molar-refractivity contribution in [3.63, 3.8) is 0 Å². The van der Waals surface area contributed by atoms with Crippen molar-refractivity contribution in [2.24, 2.45) is 0 Å². The van der Waals surface area contributed by atoms with E-state index in [1.54, 1.807) is 0 Å². The number of nitrogens with one attached hydrogen (secondary N) is 1. The third-order valence-electron chi connectivity index (χ3n) is 4.76. The average Bonchev–Trinajstić information content (AvgIpc) is 2.88. The van der Waals surface area contributed by atoms with Crippen molar-refractivity contribution in [3.8, 4) is 0 Å². The van der Waals surface area contributed by atoms with E-state index in [-0.39, 0.29) is 6.54 Å². The molecule has 1 aromatic carbocycles. The Hall–Kier alpha value is -0.801. The van der Waals surface area contributed by atoms with Gasteiger partial charge in [0.1, 0.15) is 0 Å². The van der Waals surface area contributed by atoms with E-state index >= 15 is 0 Å². The predicted octanol–water partition coefficient (Wildman–Crippen LogP) is -1.99. The molecule has 0 amide bonds. The van der Waals surface area contributed by atoms with Gasteiger partial charge in [-0.15, -0.1) is 0 Å². The van der Waals surface area contributed by atoms with Crippen molar-refractivity contribution in [1.29, 1.82) is 0 Å². The Balaban J connectivity index is 1.93. The lowest BCUT2D eigenvalue weighted by Crippen LogP contribution is -2.86. The van der Waals surface area contributed by atoms with Crippen LogP contribution in [0, 0.1) is 0 Å². The van der Waals surface area contributed by atoms with Crippen molar-refractivity contribution >= 4 is 73.7 Å². The minimum absolute atomic E-state index is 0.192. The molecule has 1 fully saturated rings. The molecule has 25 heavy (non-hydrogen) atoms. The molecule has 11 heteroatoms. The van der Waals surface area contributed by atoms with Crippen molar-refractivity contribution in [2.45, 2.75) is 27.9 Å². The van der Waals surface area contributed by atoms with E-state index in [9.17, 15) is 0 Å². The van der Waals surface area contributed by atoms with Gasteiger partial charge in [0.25, 0.3) is 0 Å². The van der Waals surface area contributed by atoms with Crippen LogP contribution in [0.1, 0.15) is 5.56 Å². The number of para-hydroxylation sites is 1. The number of ether oxygens (including phenoxy) is 1. The average molecular weight is 309 g/mol. The Bertz CT molecular complexity index is 762. The fourth-order valence-corrected chi connectivity index (χ4v) is 3.11. The second-order valence-electron chi connectivity index (χ2n) is 6.60. The summed E-state index contributed by atoms with van der Waals surface area (Å²) in [6, 6.07) is 7.84. The number of nitrogens with zero attached hydrogens (tertiary/aromatic N) is 1. The molecule has 0 atom stereocenters. The Morgan fingerprint density at radius 2 is 1.44 bits per heavy atom. The summed E-state index contributed by atoms with van der Waals surface area (Å²) in [4.78, 5) is 4.45. The van der Waals surface area contributed by atoms with Crippen LogP contribution >= 0.6 is 0 Å². The standard InChI is InChI=1S/C14H10B8N2O/c15-11(16)13(19,20)25-14(21,22)12(17,18)24(11)6-5-8-7-23-10-4-2-1-3-9(8)10/h1-4,7,23H,5-6H2. The van der Waals surface area contributed by atoms with Gasteiger partial charge in [-0.05, 0) is 39.5 Å². The molecule has 0 bridgehead atoms. The summed E-state index contributed by atoms with van der Waals surface area (Å²) in [5.41, 5.74) is 2.00. The van der Waals surface area contributed by atoms with E-state index in [0.717, 1.165) is 16.5 Å². The zero-order valence-corrected chi connectivity index (χ0v) is 13.8. The van der Waals surface area contributed by atoms with Crippen LogP contribution in [0.2, 0.25) is 0 Å². The Labute approximate surface area is 159 Å². The van der Waals surface area contributed by atoms with Crippen LogP contribution in [0.4, 0.5) is 0 Å². The smallest absolute Gasteiger partial charge is 0.0996 e. The summed E-state index contributed by atoms with van der Waals surface area (Å²) in [5.74, 6) is 0. The molecule has 0 spiro atoms. The fourth-order valence-electron chi connectivity index (χ4n) is 3.11. The molecule has 1 aliphatic rings. The van der Waals surface area contributed by atoms with Gasteiger partial charge in [0.2, 0.25) is 0 Å². The zero-order valence-electron chi connectivity index (χ0n) is 13.8. The third-order valence-corrected chi connectivity index (χ3v) is 4.76. The first kappa shape index (κ1) is 19.0. The zero-order chi connectivity index (χ0) is 18.7. The number of rotatable bonds is 3. The van der Waals surface area contributed by atoms with E-state index in [1.807, 2.05) is 30.5 Å².